The van der Waals surface area contributed by atoms with Gasteiger partial charge in [-0.15, -0.1) is 0 Å². The van der Waals surface area contributed by atoms with E-state index >= 15 is 0 Å². The molecule has 0 unspecified atom stereocenters. The Kier molecular flexibility index (Phi) is 7.84. The Morgan fingerprint density at radius 3 is 2.63 bits per heavy atom. The van der Waals surface area contributed by atoms with Gasteiger partial charge in [0.25, 0.3) is 11.1 Å². The Morgan fingerprint density at radius 1 is 1.14 bits per heavy atom. The van der Waals surface area contributed by atoms with Crippen molar-refractivity contribution in [1.29, 1.82) is 0 Å². The quantitative estimate of drug-likeness (QED) is 0.387. The minimum absolute atomic E-state index is 0.207. The van der Waals surface area contributed by atoms with Crippen LogP contribution in [0.5, 0.6) is 11.5 Å². The molecule has 10 heteroatoms. The summed E-state index contributed by atoms with van der Waals surface area (Å²) in [7, 11) is 1.51. The van der Waals surface area contributed by atoms with E-state index in [0.717, 1.165) is 22.4 Å². The van der Waals surface area contributed by atoms with E-state index in [4.69, 9.17) is 9.47 Å². The first-order valence-electron chi connectivity index (χ1n) is 10.4. The summed E-state index contributed by atoms with van der Waals surface area (Å²) in [6.45, 7) is -0.122. The lowest BCUT2D eigenvalue weighted by atomic mass is 10.2. The van der Waals surface area contributed by atoms with Gasteiger partial charge in [-0.2, -0.15) is 0 Å². The number of carbonyl (C=O) groups is 3. The van der Waals surface area contributed by atoms with Crippen LogP contribution in [0.3, 0.4) is 0 Å². The summed E-state index contributed by atoms with van der Waals surface area (Å²) < 4.78 is 12.0. The van der Waals surface area contributed by atoms with Crippen molar-refractivity contribution in [3.63, 3.8) is 0 Å². The summed E-state index contributed by atoms with van der Waals surface area (Å²) in [5.41, 5.74) is 1.97. The van der Waals surface area contributed by atoms with Gasteiger partial charge in [-0.1, -0.05) is 24.3 Å². The largest absolute Gasteiger partial charge is 0.493 e. The number of para-hydroxylation sites is 1. The second-order valence-electron chi connectivity index (χ2n) is 7.33. The van der Waals surface area contributed by atoms with Gasteiger partial charge in [0.1, 0.15) is 13.2 Å². The number of hydrogen-bond acceptors (Lipinski definition) is 7. The summed E-state index contributed by atoms with van der Waals surface area (Å²) in [5.74, 6) is -0.0589. The van der Waals surface area contributed by atoms with E-state index < -0.39 is 17.1 Å². The monoisotopic (exact) mass is 553 g/mol. The highest BCUT2D eigenvalue weighted by Gasteiger charge is 2.36. The Hall–Kier alpha value is -3.63. The number of hydrogen-bond donors (Lipinski definition) is 1. The number of carbonyl (C=O) groups excluding carboxylic acids is 3. The number of ether oxygens (including phenoxy) is 2. The Labute approximate surface area is 214 Å². The molecule has 178 valence electrons. The highest BCUT2D eigenvalue weighted by atomic mass is 79.9. The van der Waals surface area contributed by atoms with Crippen molar-refractivity contribution >= 4 is 56.5 Å². The van der Waals surface area contributed by atoms with Crippen LogP contribution in [-0.4, -0.2) is 40.6 Å². The van der Waals surface area contributed by atoms with E-state index in [0.29, 0.717) is 27.2 Å². The molecular formula is C25H20BrN3O5S. The number of nitrogens with one attached hydrogen (secondary N) is 1. The number of thioether (sulfide) groups is 1. The van der Waals surface area contributed by atoms with Crippen molar-refractivity contribution in [3.8, 4) is 11.5 Å². The predicted octanol–water partition coefficient (Wildman–Crippen LogP) is 5.11. The van der Waals surface area contributed by atoms with Gasteiger partial charge in [-0.05, 0) is 75.7 Å². The number of nitrogens with zero attached hydrogens (tertiary/aromatic N) is 2. The number of aromatic nitrogens is 1. The Bertz CT molecular complexity index is 1290. The van der Waals surface area contributed by atoms with Crippen molar-refractivity contribution in [2.45, 2.75) is 6.61 Å². The number of pyridine rings is 1. The average Bonchev–Trinajstić information content (AvgIpc) is 3.11. The van der Waals surface area contributed by atoms with E-state index in [-0.39, 0.29) is 18.1 Å². The first-order chi connectivity index (χ1) is 16.9. The number of halogens is 1. The maximum absolute atomic E-state index is 12.8. The fraction of sp³-hybridized carbons (Fsp3) is 0.120. The Balaban J connectivity index is 1.47. The minimum Gasteiger partial charge on any atom is -0.493 e. The molecular weight excluding hydrogens is 534 g/mol. The fourth-order valence-corrected chi connectivity index (χ4v) is 4.66. The molecule has 1 aromatic heterocycles. The van der Waals surface area contributed by atoms with Gasteiger partial charge in [-0.3, -0.25) is 24.3 Å². The number of benzene rings is 2. The molecule has 8 nitrogen and oxygen atoms in total. The van der Waals surface area contributed by atoms with E-state index in [1.807, 2.05) is 24.3 Å². The third kappa shape index (κ3) is 6.09. The van der Waals surface area contributed by atoms with E-state index in [1.165, 1.54) is 7.11 Å². The van der Waals surface area contributed by atoms with Gasteiger partial charge in [0, 0.05) is 11.9 Å². The van der Waals surface area contributed by atoms with Crippen LogP contribution in [0.4, 0.5) is 10.5 Å². The topological polar surface area (TPSA) is 97.8 Å². The number of rotatable bonds is 8. The molecule has 3 aromatic rings. The van der Waals surface area contributed by atoms with Gasteiger partial charge < -0.3 is 14.8 Å². The molecule has 0 saturated carbocycles. The summed E-state index contributed by atoms with van der Waals surface area (Å²) in [4.78, 5) is 43.0. The highest BCUT2D eigenvalue weighted by Crippen LogP contribution is 2.39. The molecule has 3 amide bonds. The van der Waals surface area contributed by atoms with E-state index in [1.54, 1.807) is 48.7 Å². The number of anilines is 1. The minimum atomic E-state index is -0.534. The van der Waals surface area contributed by atoms with Gasteiger partial charge in [-0.25, -0.2) is 0 Å². The lowest BCUT2D eigenvalue weighted by molar-refractivity contribution is -0.127. The molecule has 0 radical (unpaired) electrons. The molecule has 0 atom stereocenters. The maximum atomic E-state index is 12.8. The second kappa shape index (κ2) is 11.2. The molecule has 1 saturated heterocycles. The first kappa shape index (κ1) is 24.5. The van der Waals surface area contributed by atoms with Crippen LogP contribution >= 0.6 is 27.7 Å². The fourth-order valence-electron chi connectivity index (χ4n) is 3.25. The van der Waals surface area contributed by atoms with Crippen LogP contribution in [-0.2, 0) is 16.2 Å². The summed E-state index contributed by atoms with van der Waals surface area (Å²) in [5, 5.41) is 2.16. The molecule has 2 heterocycles. The standard InChI is InChI=1S/C25H20BrN3O5S/c1-33-20-12-16(11-19(26)23(20)34-15-18-9-5-6-10-27-18)13-21-24(31)29(25(32)35-21)14-22(30)28-17-7-3-2-4-8-17/h2-13H,14-15H2,1H3,(H,28,30)/b21-13+. The van der Waals surface area contributed by atoms with Crippen LogP contribution in [0.15, 0.2) is 76.2 Å². The molecule has 2 aromatic carbocycles. The molecule has 1 aliphatic heterocycles. The Morgan fingerprint density at radius 2 is 1.91 bits per heavy atom. The van der Waals surface area contributed by atoms with Crippen molar-refractivity contribution in [2.75, 3.05) is 19.0 Å². The zero-order valence-electron chi connectivity index (χ0n) is 18.6. The van der Waals surface area contributed by atoms with Crippen molar-refractivity contribution in [1.82, 2.24) is 9.88 Å². The van der Waals surface area contributed by atoms with Crippen LogP contribution in [0.25, 0.3) is 6.08 Å². The number of methoxy groups -OCH3 is 1. The molecule has 1 fully saturated rings. The summed E-state index contributed by atoms with van der Waals surface area (Å²) in [6.07, 6.45) is 3.27. The molecule has 1 aliphatic rings. The van der Waals surface area contributed by atoms with Crippen LogP contribution in [0.2, 0.25) is 0 Å². The van der Waals surface area contributed by atoms with Gasteiger partial charge in [0.05, 0.1) is 22.2 Å². The molecule has 0 aliphatic carbocycles. The molecule has 4 rings (SSSR count). The van der Waals surface area contributed by atoms with E-state index in [2.05, 4.69) is 26.2 Å². The van der Waals surface area contributed by atoms with Gasteiger partial charge in [0.15, 0.2) is 11.5 Å². The maximum Gasteiger partial charge on any atom is 0.294 e. The van der Waals surface area contributed by atoms with Crippen LogP contribution < -0.4 is 14.8 Å². The third-order valence-corrected chi connectivity index (χ3v) is 6.37. The number of imide groups is 1. The average molecular weight is 554 g/mol. The lowest BCUT2D eigenvalue weighted by Crippen LogP contribution is -2.36. The third-order valence-electron chi connectivity index (χ3n) is 4.87. The second-order valence-corrected chi connectivity index (χ2v) is 9.17. The molecule has 0 bridgehead atoms. The van der Waals surface area contributed by atoms with Crippen molar-refractivity contribution in [3.05, 3.63) is 87.5 Å². The normalized spacial score (nSPS) is 14.3. The van der Waals surface area contributed by atoms with Crippen molar-refractivity contribution < 1.29 is 23.9 Å². The van der Waals surface area contributed by atoms with Gasteiger partial charge >= 0.3 is 0 Å². The number of amides is 3. The van der Waals surface area contributed by atoms with Crippen molar-refractivity contribution in [2.24, 2.45) is 0 Å². The smallest absolute Gasteiger partial charge is 0.294 e. The molecule has 1 N–H and O–H groups in total. The molecule has 35 heavy (non-hydrogen) atoms. The summed E-state index contributed by atoms with van der Waals surface area (Å²) in [6, 6.07) is 17.8. The van der Waals surface area contributed by atoms with Crippen LogP contribution in [0.1, 0.15) is 11.3 Å². The zero-order chi connectivity index (χ0) is 24.8. The SMILES string of the molecule is COc1cc(/C=C2/SC(=O)N(CC(=O)Nc3ccccc3)C2=O)cc(Br)c1OCc1ccccn1. The highest BCUT2D eigenvalue weighted by molar-refractivity contribution is 9.10. The van der Waals surface area contributed by atoms with Crippen LogP contribution in [0, 0.1) is 0 Å². The predicted molar refractivity (Wildman–Crippen MR) is 137 cm³/mol. The molecule has 0 spiro atoms. The lowest BCUT2D eigenvalue weighted by Gasteiger charge is -2.14. The first-order valence-corrected chi connectivity index (χ1v) is 12.1. The zero-order valence-corrected chi connectivity index (χ0v) is 21.0. The van der Waals surface area contributed by atoms with Gasteiger partial charge in [0.2, 0.25) is 5.91 Å². The summed E-state index contributed by atoms with van der Waals surface area (Å²) >= 11 is 4.27. The van der Waals surface area contributed by atoms with E-state index in [9.17, 15) is 14.4 Å².